The highest BCUT2D eigenvalue weighted by Gasteiger charge is 2.31. The molecule has 0 aliphatic carbocycles. The van der Waals surface area contributed by atoms with E-state index in [-0.39, 0.29) is 39.4 Å². The fourth-order valence-electron chi connectivity index (χ4n) is 2.83. The van der Waals surface area contributed by atoms with Crippen LogP contribution in [0.1, 0.15) is 28.5 Å². The summed E-state index contributed by atoms with van der Waals surface area (Å²) in [5.74, 6) is -1.11. The van der Waals surface area contributed by atoms with Crippen LogP contribution in [0.2, 0.25) is 5.02 Å². The van der Waals surface area contributed by atoms with E-state index in [9.17, 15) is 22.8 Å². The van der Waals surface area contributed by atoms with Gasteiger partial charge >= 0.3 is 12.1 Å². The van der Waals surface area contributed by atoms with Gasteiger partial charge in [0.15, 0.2) is 5.13 Å². The zero-order chi connectivity index (χ0) is 24.3. The molecule has 0 unspecified atom stereocenters. The average Bonchev–Trinajstić information content (AvgIpc) is 3.21. The molecule has 0 saturated heterocycles. The van der Waals surface area contributed by atoms with Crippen molar-refractivity contribution in [3.8, 4) is 5.75 Å². The number of methoxy groups -OCH3 is 1. The fourth-order valence-corrected chi connectivity index (χ4v) is 3.86. The molecule has 1 heterocycles. The maximum Gasteiger partial charge on any atom is 0.416 e. The lowest BCUT2D eigenvalue weighted by Crippen LogP contribution is -2.23. The Labute approximate surface area is 195 Å². The number of carbonyl (C=O) groups excluding carboxylic acids is 2. The quantitative estimate of drug-likeness (QED) is 0.358. The molecule has 0 spiro atoms. The first-order chi connectivity index (χ1) is 15.5. The van der Waals surface area contributed by atoms with Crippen LogP contribution in [0.3, 0.4) is 0 Å². The van der Waals surface area contributed by atoms with Gasteiger partial charge in [-0.15, -0.1) is 11.3 Å². The van der Waals surface area contributed by atoms with Gasteiger partial charge < -0.3 is 15.2 Å². The third kappa shape index (κ3) is 5.55. The number of thiazole rings is 1. The van der Waals surface area contributed by atoms with Gasteiger partial charge in [-0.1, -0.05) is 17.7 Å². The van der Waals surface area contributed by atoms with Crippen LogP contribution in [0.5, 0.6) is 5.75 Å². The molecule has 0 saturated carbocycles. The van der Waals surface area contributed by atoms with Crippen molar-refractivity contribution < 1.29 is 32.2 Å². The predicted molar refractivity (Wildman–Crippen MR) is 118 cm³/mol. The molecule has 33 heavy (non-hydrogen) atoms. The van der Waals surface area contributed by atoms with Crippen LogP contribution < -0.4 is 15.4 Å². The van der Waals surface area contributed by atoms with Crippen molar-refractivity contribution in [2.75, 3.05) is 17.7 Å². The van der Waals surface area contributed by atoms with E-state index in [0.29, 0.717) is 5.69 Å². The van der Waals surface area contributed by atoms with E-state index in [1.54, 1.807) is 0 Å². The second kappa shape index (κ2) is 9.67. The summed E-state index contributed by atoms with van der Waals surface area (Å²) >= 11 is 6.98. The molecule has 0 bridgehead atoms. The van der Waals surface area contributed by atoms with Gasteiger partial charge in [-0.25, -0.2) is 9.78 Å². The maximum atomic E-state index is 13.1. The van der Waals surface area contributed by atoms with Gasteiger partial charge in [0.1, 0.15) is 17.9 Å². The average molecular weight is 500 g/mol. The maximum absolute atomic E-state index is 13.1. The number of esters is 1. The molecule has 0 aliphatic rings. The largest absolute Gasteiger partial charge is 0.496 e. The highest BCUT2D eigenvalue weighted by Crippen LogP contribution is 2.35. The lowest BCUT2D eigenvalue weighted by molar-refractivity contribution is -0.137. The normalized spacial score (nSPS) is 11.2. The summed E-state index contributed by atoms with van der Waals surface area (Å²) in [7, 11) is 1.36. The highest BCUT2D eigenvalue weighted by atomic mass is 35.5. The molecule has 3 rings (SSSR count). The minimum Gasteiger partial charge on any atom is -0.496 e. The first kappa shape index (κ1) is 24.3. The number of amides is 1. The minimum absolute atomic E-state index is 0.0106. The van der Waals surface area contributed by atoms with E-state index < -0.39 is 23.6 Å². The lowest BCUT2D eigenvalue weighted by atomic mass is 10.2. The minimum atomic E-state index is -4.56. The molecule has 0 fully saturated rings. The van der Waals surface area contributed by atoms with Crippen molar-refractivity contribution in [3.05, 3.63) is 63.6 Å². The van der Waals surface area contributed by atoms with Gasteiger partial charge in [-0.3, -0.25) is 9.69 Å². The molecule has 174 valence electrons. The lowest BCUT2D eigenvalue weighted by Gasteiger charge is -2.19. The Hall–Kier alpha value is -3.31. The van der Waals surface area contributed by atoms with Gasteiger partial charge in [0.25, 0.3) is 0 Å². The summed E-state index contributed by atoms with van der Waals surface area (Å²) in [4.78, 5) is 29.9. The van der Waals surface area contributed by atoms with Crippen molar-refractivity contribution in [1.82, 2.24) is 4.98 Å². The van der Waals surface area contributed by atoms with Crippen LogP contribution >= 0.6 is 22.9 Å². The number of hydrogen-bond donors (Lipinski definition) is 1. The van der Waals surface area contributed by atoms with Gasteiger partial charge in [-0.2, -0.15) is 13.2 Å². The van der Waals surface area contributed by atoms with E-state index in [1.165, 1.54) is 43.7 Å². The zero-order valence-corrected chi connectivity index (χ0v) is 18.8. The summed E-state index contributed by atoms with van der Waals surface area (Å²) in [5.41, 5.74) is 5.40. The molecular weight excluding hydrogens is 483 g/mol. The Balaban J connectivity index is 1.79. The second-order valence-electron chi connectivity index (χ2n) is 6.67. The number of halogens is 4. The molecular formula is C21H17ClF3N3O4S. The fraction of sp³-hybridized carbons (Fsp3) is 0.190. The van der Waals surface area contributed by atoms with Gasteiger partial charge in [0.05, 0.1) is 34.8 Å². The Bertz CT molecular complexity index is 1200. The van der Waals surface area contributed by atoms with Crippen molar-refractivity contribution in [3.63, 3.8) is 0 Å². The SMILES string of the molecule is COc1cc(N)c(Cl)cc1C(=O)OCc1csc(N(C(C)=O)c2cccc(C(F)(F)F)c2)n1. The smallest absolute Gasteiger partial charge is 0.416 e. The molecule has 0 radical (unpaired) electrons. The Morgan fingerprint density at radius 3 is 2.61 bits per heavy atom. The standard InChI is InChI=1S/C21H17ClF3N3O4S/c1-11(29)28(14-5-3-4-12(6-14)21(23,24)25)20-27-13(10-33-20)9-32-19(30)15-7-16(22)17(26)8-18(15)31-2/h3-8,10H,9,26H2,1-2H3. The summed E-state index contributed by atoms with van der Waals surface area (Å²) in [5, 5.41) is 1.80. The molecule has 12 heteroatoms. The van der Waals surface area contributed by atoms with E-state index in [0.717, 1.165) is 28.4 Å². The molecule has 2 N–H and O–H groups in total. The molecule has 1 aromatic heterocycles. The van der Waals surface area contributed by atoms with Crippen LogP contribution in [-0.4, -0.2) is 24.0 Å². The number of anilines is 3. The molecule has 3 aromatic rings. The predicted octanol–water partition coefficient (Wildman–Crippen LogP) is 5.45. The number of ether oxygens (including phenoxy) is 2. The summed E-state index contributed by atoms with van der Waals surface area (Å²) < 4.78 is 49.6. The number of nitrogens with zero attached hydrogens (tertiary/aromatic N) is 2. The molecule has 0 atom stereocenters. The molecule has 7 nitrogen and oxygen atoms in total. The van der Waals surface area contributed by atoms with E-state index in [1.807, 2.05) is 0 Å². The summed E-state index contributed by atoms with van der Waals surface area (Å²) in [6, 6.07) is 7.05. The van der Waals surface area contributed by atoms with Crippen molar-refractivity contribution in [2.24, 2.45) is 0 Å². The highest BCUT2D eigenvalue weighted by molar-refractivity contribution is 7.14. The number of carbonyl (C=O) groups is 2. The van der Waals surface area contributed by atoms with Crippen LogP contribution in [-0.2, 0) is 22.3 Å². The topological polar surface area (TPSA) is 94.7 Å². The number of nitrogens with two attached hydrogens (primary N) is 1. The van der Waals surface area contributed by atoms with E-state index >= 15 is 0 Å². The first-order valence-electron chi connectivity index (χ1n) is 9.23. The zero-order valence-electron chi connectivity index (χ0n) is 17.3. The molecule has 1 amide bonds. The number of nitrogen functional groups attached to an aromatic ring is 1. The van der Waals surface area contributed by atoms with Gasteiger partial charge in [0.2, 0.25) is 5.91 Å². The van der Waals surface area contributed by atoms with Gasteiger partial charge in [-0.05, 0) is 24.3 Å². The number of rotatable bonds is 6. The van der Waals surface area contributed by atoms with Gasteiger partial charge in [0, 0.05) is 18.4 Å². The van der Waals surface area contributed by atoms with Crippen molar-refractivity contribution in [2.45, 2.75) is 19.7 Å². The van der Waals surface area contributed by atoms with Crippen LogP contribution in [0.15, 0.2) is 41.8 Å². The Morgan fingerprint density at radius 1 is 1.24 bits per heavy atom. The Kier molecular flexibility index (Phi) is 7.13. The van der Waals surface area contributed by atoms with Crippen LogP contribution in [0.25, 0.3) is 0 Å². The van der Waals surface area contributed by atoms with Crippen molar-refractivity contribution in [1.29, 1.82) is 0 Å². The first-order valence-corrected chi connectivity index (χ1v) is 10.5. The number of benzene rings is 2. The third-order valence-electron chi connectivity index (χ3n) is 4.37. The monoisotopic (exact) mass is 499 g/mol. The second-order valence-corrected chi connectivity index (χ2v) is 7.92. The van der Waals surface area contributed by atoms with Crippen molar-refractivity contribution >= 4 is 51.3 Å². The van der Waals surface area contributed by atoms with E-state index in [2.05, 4.69) is 4.98 Å². The Morgan fingerprint density at radius 2 is 1.97 bits per heavy atom. The molecule has 2 aromatic carbocycles. The summed E-state index contributed by atoms with van der Waals surface area (Å²) in [6.07, 6.45) is -4.56. The number of hydrogen-bond acceptors (Lipinski definition) is 7. The number of aromatic nitrogens is 1. The number of alkyl halides is 3. The van der Waals surface area contributed by atoms with Crippen LogP contribution in [0.4, 0.5) is 29.7 Å². The third-order valence-corrected chi connectivity index (χ3v) is 5.57. The molecule has 0 aliphatic heterocycles. The summed E-state index contributed by atoms with van der Waals surface area (Å²) in [6.45, 7) is 0.952. The van der Waals surface area contributed by atoms with E-state index in [4.69, 9.17) is 26.8 Å². The van der Waals surface area contributed by atoms with Crippen LogP contribution in [0, 0.1) is 0 Å².